The van der Waals surface area contributed by atoms with Gasteiger partial charge in [-0.05, 0) is 11.6 Å². The molecule has 1 heterocycles. The monoisotopic (exact) mass is 139 g/mol. The first-order valence-corrected chi connectivity index (χ1v) is 2.99. The van der Waals surface area contributed by atoms with Crippen LogP contribution in [0.4, 0.5) is 0 Å². The van der Waals surface area contributed by atoms with Crippen molar-refractivity contribution in [1.82, 2.24) is 4.98 Å². The van der Waals surface area contributed by atoms with E-state index in [9.17, 15) is 4.79 Å². The molecule has 1 rings (SSSR count). The molecule has 0 fully saturated rings. The van der Waals surface area contributed by atoms with E-state index in [1.54, 1.807) is 13.3 Å². The fraction of sp³-hybridized carbons (Fsp3) is 0.286. The second-order valence-corrected chi connectivity index (χ2v) is 1.99. The molecule has 0 amide bonds. The number of methoxy groups -OCH3 is 1. The lowest BCUT2D eigenvalue weighted by Gasteiger charge is -1.95. The van der Waals surface area contributed by atoms with Crippen molar-refractivity contribution in [3.63, 3.8) is 0 Å². The summed E-state index contributed by atoms with van der Waals surface area (Å²) in [5.41, 5.74) is 0.806. The van der Waals surface area contributed by atoms with Crippen LogP contribution in [0.25, 0.3) is 0 Å². The summed E-state index contributed by atoms with van der Waals surface area (Å²) < 4.78 is 4.83. The highest BCUT2D eigenvalue weighted by atomic mass is 16.5. The van der Waals surface area contributed by atoms with Gasteiger partial charge in [0.05, 0.1) is 6.61 Å². The number of ether oxygens (including phenoxy) is 1. The summed E-state index contributed by atoms with van der Waals surface area (Å²) in [6.45, 7) is 0.490. The topological polar surface area (TPSA) is 42.1 Å². The molecule has 1 aromatic rings. The van der Waals surface area contributed by atoms with E-state index >= 15 is 0 Å². The fourth-order valence-electron chi connectivity index (χ4n) is 0.745. The minimum atomic E-state index is -0.0884. The van der Waals surface area contributed by atoms with E-state index in [4.69, 9.17) is 4.74 Å². The average molecular weight is 139 g/mol. The molecular weight excluding hydrogens is 130 g/mol. The highest BCUT2D eigenvalue weighted by Gasteiger charge is 1.89. The Morgan fingerprint density at radius 2 is 2.50 bits per heavy atom. The summed E-state index contributed by atoms with van der Waals surface area (Å²) >= 11 is 0. The van der Waals surface area contributed by atoms with Crippen LogP contribution in [0.15, 0.2) is 23.1 Å². The average Bonchev–Trinajstić information content (AvgIpc) is 1.88. The van der Waals surface area contributed by atoms with Crippen molar-refractivity contribution in [2.75, 3.05) is 7.11 Å². The minimum Gasteiger partial charge on any atom is -0.380 e. The Labute approximate surface area is 58.7 Å². The summed E-state index contributed by atoms with van der Waals surface area (Å²) in [7, 11) is 1.60. The standard InChI is InChI=1S/C7H9NO2/c1-10-5-6-2-3-8-7(9)4-6/h2-4H,5H2,1H3,(H,8,9). The van der Waals surface area contributed by atoms with Gasteiger partial charge in [-0.25, -0.2) is 0 Å². The number of nitrogens with one attached hydrogen (secondary N) is 1. The smallest absolute Gasteiger partial charge is 0.248 e. The molecule has 0 saturated heterocycles. The Balaban J connectivity index is 2.85. The Bertz CT molecular complexity index is 254. The predicted molar refractivity (Wildman–Crippen MR) is 37.8 cm³/mol. The fourth-order valence-corrected chi connectivity index (χ4v) is 0.745. The quantitative estimate of drug-likeness (QED) is 0.649. The zero-order valence-corrected chi connectivity index (χ0v) is 5.76. The molecule has 54 valence electrons. The van der Waals surface area contributed by atoms with Crippen molar-refractivity contribution in [3.8, 4) is 0 Å². The number of pyridine rings is 1. The summed E-state index contributed by atoms with van der Waals surface area (Å²) in [5.74, 6) is 0. The number of hydrogen-bond donors (Lipinski definition) is 1. The normalized spacial score (nSPS) is 9.70. The van der Waals surface area contributed by atoms with Gasteiger partial charge in [-0.3, -0.25) is 4.79 Å². The second kappa shape index (κ2) is 3.17. The van der Waals surface area contributed by atoms with E-state index in [0.29, 0.717) is 6.61 Å². The van der Waals surface area contributed by atoms with Crippen LogP contribution < -0.4 is 5.56 Å². The van der Waals surface area contributed by atoms with Gasteiger partial charge < -0.3 is 9.72 Å². The molecule has 3 nitrogen and oxygen atoms in total. The molecular formula is C7H9NO2. The third-order valence-corrected chi connectivity index (χ3v) is 1.15. The van der Waals surface area contributed by atoms with E-state index in [1.165, 1.54) is 6.07 Å². The molecule has 0 aliphatic rings. The van der Waals surface area contributed by atoms with E-state index in [-0.39, 0.29) is 5.56 Å². The van der Waals surface area contributed by atoms with Gasteiger partial charge in [0.2, 0.25) is 5.56 Å². The minimum absolute atomic E-state index is 0.0884. The van der Waals surface area contributed by atoms with Crippen LogP contribution in [0, 0.1) is 0 Å². The number of H-pyrrole nitrogens is 1. The molecule has 0 bridgehead atoms. The summed E-state index contributed by atoms with van der Waals surface area (Å²) in [5, 5.41) is 0. The van der Waals surface area contributed by atoms with Gasteiger partial charge in [-0.15, -0.1) is 0 Å². The van der Waals surface area contributed by atoms with Crippen molar-refractivity contribution in [2.45, 2.75) is 6.61 Å². The lowest BCUT2D eigenvalue weighted by Crippen LogP contribution is -2.04. The Kier molecular flexibility index (Phi) is 2.23. The predicted octanol–water partition coefficient (Wildman–Crippen LogP) is 0.521. The highest BCUT2D eigenvalue weighted by Crippen LogP contribution is 1.93. The van der Waals surface area contributed by atoms with Gasteiger partial charge >= 0.3 is 0 Å². The Morgan fingerprint density at radius 1 is 1.70 bits per heavy atom. The Morgan fingerprint density at radius 3 is 3.10 bits per heavy atom. The molecule has 1 N–H and O–H groups in total. The Hall–Kier alpha value is -1.09. The van der Waals surface area contributed by atoms with E-state index < -0.39 is 0 Å². The van der Waals surface area contributed by atoms with Crippen molar-refractivity contribution in [3.05, 3.63) is 34.2 Å². The van der Waals surface area contributed by atoms with Crippen molar-refractivity contribution >= 4 is 0 Å². The molecule has 0 spiro atoms. The molecule has 0 aromatic carbocycles. The lowest BCUT2D eigenvalue weighted by atomic mass is 10.3. The second-order valence-electron chi connectivity index (χ2n) is 1.99. The molecule has 0 unspecified atom stereocenters. The molecule has 0 atom stereocenters. The van der Waals surface area contributed by atoms with Crippen molar-refractivity contribution in [1.29, 1.82) is 0 Å². The largest absolute Gasteiger partial charge is 0.380 e. The lowest BCUT2D eigenvalue weighted by molar-refractivity contribution is 0.184. The zero-order chi connectivity index (χ0) is 7.40. The maximum absolute atomic E-state index is 10.7. The number of rotatable bonds is 2. The van der Waals surface area contributed by atoms with E-state index in [2.05, 4.69) is 4.98 Å². The van der Waals surface area contributed by atoms with Gasteiger partial charge in [0.15, 0.2) is 0 Å². The zero-order valence-electron chi connectivity index (χ0n) is 5.76. The van der Waals surface area contributed by atoms with Gasteiger partial charge in [-0.1, -0.05) is 0 Å². The molecule has 3 heteroatoms. The van der Waals surface area contributed by atoms with Crippen LogP contribution in [0.2, 0.25) is 0 Å². The van der Waals surface area contributed by atoms with Crippen LogP contribution >= 0.6 is 0 Å². The van der Waals surface area contributed by atoms with Crippen molar-refractivity contribution in [2.24, 2.45) is 0 Å². The van der Waals surface area contributed by atoms with Gasteiger partial charge in [0.1, 0.15) is 0 Å². The van der Waals surface area contributed by atoms with Gasteiger partial charge in [0.25, 0.3) is 0 Å². The van der Waals surface area contributed by atoms with E-state index in [0.717, 1.165) is 5.56 Å². The molecule has 1 aromatic heterocycles. The summed E-state index contributed by atoms with van der Waals surface area (Å²) in [6.07, 6.45) is 1.61. The molecule has 0 aliphatic heterocycles. The van der Waals surface area contributed by atoms with Crippen molar-refractivity contribution < 1.29 is 4.74 Å². The van der Waals surface area contributed by atoms with E-state index in [1.807, 2.05) is 6.07 Å². The third kappa shape index (κ3) is 1.70. The first-order chi connectivity index (χ1) is 4.83. The number of hydrogen-bond acceptors (Lipinski definition) is 2. The van der Waals surface area contributed by atoms with Gasteiger partial charge in [0, 0.05) is 19.4 Å². The number of aromatic nitrogens is 1. The first-order valence-electron chi connectivity index (χ1n) is 2.99. The van der Waals surface area contributed by atoms with Crippen LogP contribution in [0.1, 0.15) is 5.56 Å². The molecule has 0 aliphatic carbocycles. The molecule has 10 heavy (non-hydrogen) atoms. The summed E-state index contributed by atoms with van der Waals surface area (Å²) in [4.78, 5) is 13.2. The molecule has 0 saturated carbocycles. The maximum atomic E-state index is 10.7. The number of aromatic amines is 1. The van der Waals surface area contributed by atoms with Crippen LogP contribution in [0.5, 0.6) is 0 Å². The SMILES string of the molecule is COCc1cc[nH]c(=O)c1. The van der Waals surface area contributed by atoms with Crippen LogP contribution in [0.3, 0.4) is 0 Å². The van der Waals surface area contributed by atoms with Crippen LogP contribution in [-0.4, -0.2) is 12.1 Å². The third-order valence-electron chi connectivity index (χ3n) is 1.15. The maximum Gasteiger partial charge on any atom is 0.248 e. The summed E-state index contributed by atoms with van der Waals surface area (Å²) in [6, 6.07) is 3.33. The first kappa shape index (κ1) is 7.02. The highest BCUT2D eigenvalue weighted by molar-refractivity contribution is 5.08. The van der Waals surface area contributed by atoms with Crippen LogP contribution in [-0.2, 0) is 11.3 Å². The molecule has 0 radical (unpaired) electrons. The van der Waals surface area contributed by atoms with Gasteiger partial charge in [-0.2, -0.15) is 0 Å².